The molecule has 1 aromatic rings. The lowest BCUT2D eigenvalue weighted by molar-refractivity contribution is -0.136. The topological polar surface area (TPSA) is 6.48 Å². The molecule has 2 nitrogen and oxygen atoms in total. The second-order valence-corrected chi connectivity index (χ2v) is 7.58. The van der Waals surface area contributed by atoms with Gasteiger partial charge in [0.15, 0.2) is 0 Å². The van der Waals surface area contributed by atoms with E-state index in [2.05, 4.69) is 21.9 Å². The van der Waals surface area contributed by atoms with Crippen LogP contribution in [0.4, 0.5) is 13.2 Å². The first kappa shape index (κ1) is 20.5. The van der Waals surface area contributed by atoms with E-state index < -0.39 is 12.6 Å². The first-order valence-corrected chi connectivity index (χ1v) is 9.42. The van der Waals surface area contributed by atoms with E-state index in [4.69, 9.17) is 11.6 Å². The molecule has 2 rings (SSSR count). The van der Waals surface area contributed by atoms with Gasteiger partial charge >= 0.3 is 6.18 Å². The van der Waals surface area contributed by atoms with Crippen molar-refractivity contribution in [3.8, 4) is 0 Å². The van der Waals surface area contributed by atoms with Gasteiger partial charge in [0.05, 0.1) is 0 Å². The molecule has 1 saturated heterocycles. The normalized spacial score (nSPS) is 17.4. The van der Waals surface area contributed by atoms with E-state index >= 15 is 0 Å². The molecule has 1 heterocycles. The molecule has 0 spiro atoms. The van der Waals surface area contributed by atoms with Crippen molar-refractivity contribution >= 4 is 11.6 Å². The van der Waals surface area contributed by atoms with Gasteiger partial charge in [-0.15, -0.1) is 0 Å². The minimum atomic E-state index is -4.03. The van der Waals surface area contributed by atoms with Crippen LogP contribution in [-0.2, 0) is 6.42 Å². The second-order valence-electron chi connectivity index (χ2n) is 7.14. The summed E-state index contributed by atoms with van der Waals surface area (Å²) in [7, 11) is 1.93. The van der Waals surface area contributed by atoms with Crippen LogP contribution in [0, 0.1) is 5.92 Å². The molecule has 1 aliphatic rings. The summed E-state index contributed by atoms with van der Waals surface area (Å²) in [6.45, 7) is 4.64. The van der Waals surface area contributed by atoms with Crippen LogP contribution < -0.4 is 0 Å². The van der Waals surface area contributed by atoms with E-state index in [-0.39, 0.29) is 6.42 Å². The highest BCUT2D eigenvalue weighted by molar-refractivity contribution is 6.30. The van der Waals surface area contributed by atoms with Gasteiger partial charge in [-0.2, -0.15) is 13.2 Å². The lowest BCUT2D eigenvalue weighted by Crippen LogP contribution is -2.39. The van der Waals surface area contributed by atoms with Crippen molar-refractivity contribution < 1.29 is 13.2 Å². The molecule has 0 saturated carbocycles. The van der Waals surface area contributed by atoms with Gasteiger partial charge < -0.3 is 9.80 Å². The third kappa shape index (κ3) is 8.43. The summed E-state index contributed by atoms with van der Waals surface area (Å²) in [5.41, 5.74) is 1.30. The number of benzene rings is 1. The molecule has 1 aliphatic heterocycles. The Morgan fingerprint density at radius 1 is 1.16 bits per heavy atom. The number of nitrogens with zero attached hydrogens (tertiary/aromatic N) is 2. The highest BCUT2D eigenvalue weighted by atomic mass is 35.5. The maximum Gasteiger partial charge on any atom is 0.389 e. The number of piperidine rings is 1. The number of hydrogen-bond donors (Lipinski definition) is 0. The summed E-state index contributed by atoms with van der Waals surface area (Å²) in [4.78, 5) is 4.54. The van der Waals surface area contributed by atoms with Crippen molar-refractivity contribution in [3.63, 3.8) is 0 Å². The van der Waals surface area contributed by atoms with Gasteiger partial charge in [0.25, 0.3) is 0 Å². The highest BCUT2D eigenvalue weighted by Crippen LogP contribution is 2.22. The van der Waals surface area contributed by atoms with Crippen LogP contribution in [0.5, 0.6) is 0 Å². The SMILES string of the molecule is CN(CCCC(F)(F)F)CC1CCN(CCc2ccc(Cl)cc2)CC1. The molecule has 142 valence electrons. The Hall–Kier alpha value is -0.780. The van der Waals surface area contributed by atoms with Crippen LogP contribution in [0.25, 0.3) is 0 Å². The van der Waals surface area contributed by atoms with Crippen LogP contribution in [-0.4, -0.2) is 55.7 Å². The molecular weight excluding hydrogens is 349 g/mol. The van der Waals surface area contributed by atoms with Gasteiger partial charge in [-0.1, -0.05) is 23.7 Å². The number of halogens is 4. The Balaban J connectivity index is 1.60. The molecule has 0 unspecified atom stereocenters. The molecule has 0 amide bonds. The van der Waals surface area contributed by atoms with Gasteiger partial charge in [0, 0.05) is 24.5 Å². The summed E-state index contributed by atoms with van der Waals surface area (Å²) in [5.74, 6) is 0.600. The van der Waals surface area contributed by atoms with Gasteiger partial charge in [-0.25, -0.2) is 0 Å². The first-order valence-electron chi connectivity index (χ1n) is 9.04. The van der Waals surface area contributed by atoms with Gasteiger partial charge in [-0.05, 0) is 76.0 Å². The van der Waals surface area contributed by atoms with Crippen LogP contribution in [0.2, 0.25) is 5.02 Å². The van der Waals surface area contributed by atoms with Crippen LogP contribution in [0.3, 0.4) is 0 Å². The van der Waals surface area contributed by atoms with Gasteiger partial charge in [0.2, 0.25) is 0 Å². The van der Waals surface area contributed by atoms with Crippen molar-refractivity contribution in [2.45, 2.75) is 38.3 Å². The monoisotopic (exact) mass is 376 g/mol. The minimum absolute atomic E-state index is 0.194. The zero-order chi connectivity index (χ0) is 18.3. The Morgan fingerprint density at radius 2 is 1.80 bits per heavy atom. The second kappa shape index (κ2) is 9.79. The highest BCUT2D eigenvalue weighted by Gasteiger charge is 2.26. The van der Waals surface area contributed by atoms with Crippen molar-refractivity contribution in [3.05, 3.63) is 34.9 Å². The van der Waals surface area contributed by atoms with Crippen molar-refractivity contribution in [2.24, 2.45) is 5.92 Å². The standard InChI is InChI=1S/C19H28ClF3N2/c1-24(11-2-10-19(21,22)23)15-17-8-13-25(14-9-17)12-7-16-3-5-18(20)6-4-16/h3-6,17H,2,7-15H2,1H3. The molecule has 0 atom stereocenters. The fourth-order valence-corrected chi connectivity index (χ4v) is 3.54. The average molecular weight is 377 g/mol. The molecule has 0 aliphatic carbocycles. The van der Waals surface area contributed by atoms with Crippen molar-refractivity contribution in [1.82, 2.24) is 9.80 Å². The fourth-order valence-electron chi connectivity index (χ4n) is 3.41. The van der Waals surface area contributed by atoms with Gasteiger partial charge in [-0.3, -0.25) is 0 Å². The fraction of sp³-hybridized carbons (Fsp3) is 0.684. The Labute approximate surface area is 153 Å². The molecular formula is C19H28ClF3N2. The quantitative estimate of drug-likeness (QED) is 0.638. The summed E-state index contributed by atoms with van der Waals surface area (Å²) < 4.78 is 36.6. The first-order chi connectivity index (χ1) is 11.8. The van der Waals surface area contributed by atoms with Crippen LogP contribution >= 0.6 is 11.6 Å². The number of rotatable bonds is 8. The Bertz CT molecular complexity index is 496. The van der Waals surface area contributed by atoms with Gasteiger partial charge in [0.1, 0.15) is 0 Å². The smallest absolute Gasteiger partial charge is 0.306 e. The molecule has 0 aromatic heterocycles. The van der Waals surface area contributed by atoms with E-state index in [1.807, 2.05) is 19.2 Å². The van der Waals surface area contributed by atoms with E-state index in [1.165, 1.54) is 5.56 Å². The summed E-state index contributed by atoms with van der Waals surface area (Å²) in [6.07, 6.45) is -1.23. The third-order valence-corrected chi connectivity index (χ3v) is 5.16. The lowest BCUT2D eigenvalue weighted by Gasteiger charge is -2.34. The van der Waals surface area contributed by atoms with E-state index in [0.29, 0.717) is 12.5 Å². The summed E-state index contributed by atoms with van der Waals surface area (Å²) in [6, 6.07) is 8.01. The van der Waals surface area contributed by atoms with E-state index in [1.54, 1.807) is 0 Å². The summed E-state index contributed by atoms with van der Waals surface area (Å²) in [5, 5.41) is 0.768. The van der Waals surface area contributed by atoms with E-state index in [0.717, 1.165) is 50.5 Å². The Morgan fingerprint density at radius 3 is 2.40 bits per heavy atom. The predicted octanol–water partition coefficient (Wildman–Crippen LogP) is 4.87. The van der Waals surface area contributed by atoms with E-state index in [9.17, 15) is 13.2 Å². The van der Waals surface area contributed by atoms with Crippen LogP contribution in [0.1, 0.15) is 31.2 Å². The number of likely N-dealkylation sites (tertiary alicyclic amines) is 1. The van der Waals surface area contributed by atoms with Crippen LogP contribution in [0.15, 0.2) is 24.3 Å². The third-order valence-electron chi connectivity index (χ3n) is 4.91. The zero-order valence-electron chi connectivity index (χ0n) is 14.9. The summed E-state index contributed by atoms with van der Waals surface area (Å²) >= 11 is 5.90. The molecule has 0 N–H and O–H groups in total. The molecule has 1 fully saturated rings. The number of hydrogen-bond acceptors (Lipinski definition) is 2. The van der Waals surface area contributed by atoms with Crippen molar-refractivity contribution in [2.75, 3.05) is 39.8 Å². The predicted molar refractivity (Wildman–Crippen MR) is 97.1 cm³/mol. The number of alkyl halides is 3. The maximum atomic E-state index is 12.2. The molecule has 0 radical (unpaired) electrons. The van der Waals surface area contributed by atoms with Crippen molar-refractivity contribution in [1.29, 1.82) is 0 Å². The lowest BCUT2D eigenvalue weighted by atomic mass is 9.96. The molecule has 6 heteroatoms. The average Bonchev–Trinajstić information content (AvgIpc) is 2.54. The largest absolute Gasteiger partial charge is 0.389 e. The zero-order valence-corrected chi connectivity index (χ0v) is 15.6. The molecule has 0 bridgehead atoms. The maximum absolute atomic E-state index is 12.2. The minimum Gasteiger partial charge on any atom is -0.306 e. The molecule has 1 aromatic carbocycles. The Kier molecular flexibility index (Phi) is 8.04. The molecule has 25 heavy (non-hydrogen) atoms.